The topological polar surface area (TPSA) is 399 Å². The van der Waals surface area contributed by atoms with E-state index >= 15 is 0 Å². The van der Waals surface area contributed by atoms with Gasteiger partial charge < -0.3 is 55.7 Å². The van der Waals surface area contributed by atoms with E-state index in [0.29, 0.717) is 77.0 Å². The number of fused-ring (bicyclic) bond motifs is 12. The molecule has 0 aliphatic heterocycles. The second kappa shape index (κ2) is 53.7. The summed E-state index contributed by atoms with van der Waals surface area (Å²) in [6, 6.07) is 12.1. The zero-order valence-corrected chi connectivity index (χ0v) is 85.5. The van der Waals surface area contributed by atoms with E-state index in [-0.39, 0.29) is 318 Å². The Morgan fingerprint density at radius 1 is 0.202 bits per heavy atom. The molecule has 114 heavy (non-hydrogen) atoms. The molecule has 0 N–H and O–H groups in total. The fourth-order valence-electron chi connectivity index (χ4n) is 13.3. The van der Waals surface area contributed by atoms with Gasteiger partial charge in [0.2, 0.25) is 0 Å². The molecule has 600 valence electrons. The Bertz CT molecular complexity index is 3870. The van der Waals surface area contributed by atoms with E-state index in [1.165, 1.54) is 0 Å². The summed E-state index contributed by atoms with van der Waals surface area (Å²) >= 11 is 0. The molecule has 0 saturated heterocycles. The van der Waals surface area contributed by atoms with Crippen LogP contribution < -0.4 is 206 Å². The summed E-state index contributed by atoms with van der Waals surface area (Å²) in [4.78, 5) is -5.17. The van der Waals surface area contributed by atoms with E-state index in [4.69, 9.17) is 28.4 Å². The van der Waals surface area contributed by atoms with Crippen LogP contribution in [0.1, 0.15) is 262 Å². The summed E-state index contributed by atoms with van der Waals surface area (Å²) in [5.74, 6) is -0.672. The summed E-state index contributed by atoms with van der Waals surface area (Å²) in [6.07, 6.45) is 11.9. The Labute approximate surface area is 810 Å². The Hall–Kier alpha value is -0.420. The third-order valence-electron chi connectivity index (χ3n) is 18.8. The number of rotatable bonds is 42. The Kier molecular flexibility index (Phi) is 52.6. The zero-order valence-electron chi connectivity index (χ0n) is 68.6. The van der Waals surface area contributed by atoms with E-state index < -0.39 is 129 Å². The van der Waals surface area contributed by atoms with Gasteiger partial charge in [-0.3, -0.25) is 0 Å². The Morgan fingerprint density at radius 3 is 0.395 bits per heavy atom. The van der Waals surface area contributed by atoms with Crippen molar-refractivity contribution in [1.82, 2.24) is 0 Å². The number of benzene rings is 6. The van der Waals surface area contributed by atoms with Crippen molar-refractivity contribution >= 4 is 60.7 Å². The first-order chi connectivity index (χ1) is 51.1. The molecular weight excluding hydrogens is 1650 g/mol. The third kappa shape index (κ3) is 35.0. The van der Waals surface area contributed by atoms with E-state index in [0.717, 1.165) is 150 Å². The number of unbranched alkanes of at least 4 members (excludes halogenated alkanes) is 18. The summed E-state index contributed by atoms with van der Waals surface area (Å²) in [6.45, 7) is 11.5. The van der Waals surface area contributed by atoms with Gasteiger partial charge >= 0.3 is 177 Å². The predicted octanol–water partition coefficient (Wildman–Crippen LogP) is -3.25. The van der Waals surface area contributed by atoms with Crippen LogP contribution in [-0.4, -0.2) is 117 Å². The van der Waals surface area contributed by atoms with E-state index in [1.54, 1.807) is 0 Å². The van der Waals surface area contributed by atoms with Crippen LogP contribution in [-0.2, 0) is 99.2 Å². The first-order valence-corrected chi connectivity index (χ1v) is 46.0. The van der Waals surface area contributed by atoms with Crippen LogP contribution in [0.3, 0.4) is 0 Å². The molecule has 12 bridgehead atoms. The minimum Gasteiger partial charge on any atom is -0.744 e. The molecule has 7 rings (SSSR count). The molecule has 6 aromatic rings. The van der Waals surface area contributed by atoms with E-state index in [1.807, 2.05) is 41.5 Å². The maximum atomic E-state index is 13.7. The maximum Gasteiger partial charge on any atom is 1.00 e. The fourth-order valence-corrected chi connectivity index (χ4v) is 16.8. The standard InChI is InChI=1S/C78H108O24S6.6Na/c1-7-13-19-25-31-97-73-55-37-57-45-68(104(82,83)84)47-59(74(57)98-32-26-20-14-8-2)39-61-49-70(106(88,89)90)51-63(76(61)100-34-28-22-16-10-4)41-65-53-72(108(94,95)96)54-66(78(65)102-36-30-24-18-12-6)42-64-52-71(107(91,92)93)50-62(77(64)101-35-29-23-17-11-5)40-60-48-69(105(85,86)87)46-58(75(60)99-33-27-21-15-9-3)38-56(73)44-67(43-55)103(79,80)81;;;;;;/h43-54H,7-42H2,1-6H3,(H,79,80,81)(H,82,83,84)(H,85,86,87)(H,88,89,90)(H,91,92,93)(H,94,95,96);;;;;;/q;6*+1/p-6. The Balaban J connectivity index is 0.0000108. The normalized spacial score (nSPS) is 12.5. The van der Waals surface area contributed by atoms with Gasteiger partial charge in [-0.1, -0.05) is 157 Å². The van der Waals surface area contributed by atoms with Crippen LogP contribution >= 0.6 is 0 Å². The summed E-state index contributed by atoms with van der Waals surface area (Å²) in [5, 5.41) is 0. The van der Waals surface area contributed by atoms with Crippen LogP contribution in [0.2, 0.25) is 0 Å². The average molecular weight is 1750 g/mol. The molecule has 24 nitrogen and oxygen atoms in total. The van der Waals surface area contributed by atoms with Crippen molar-refractivity contribution in [3.8, 4) is 34.5 Å². The van der Waals surface area contributed by atoms with Crippen LogP contribution in [0.15, 0.2) is 102 Å². The SMILES string of the molecule is CCCCCCOc1c2cc(S(=O)(=O)[O-])cc1Cc1cc(S(=O)(=O)[O-])cc(c1OCCCCCC)Cc1cc(S(=O)(=O)[O-])cc(c1OCCCCCC)Cc1cc(S(=O)(=O)[O-])cc(c1OCCCCCC)Cc1cc(S(=O)(=O)[O-])cc(c1OCCCCCC)Cc1cc(S(=O)(=O)[O-])cc(c1OCCCCCC)C2.[Na+].[Na+].[Na+].[Na+].[Na+].[Na+]. The van der Waals surface area contributed by atoms with Crippen molar-refractivity contribution < 1.29 is 284 Å². The predicted molar refractivity (Wildman–Crippen MR) is 401 cm³/mol. The largest absolute Gasteiger partial charge is 1.00 e. The molecule has 0 amide bonds. The molecule has 0 radical (unpaired) electrons. The quantitative estimate of drug-likeness (QED) is 0.0206. The second-order valence-corrected chi connectivity index (χ2v) is 35.9. The van der Waals surface area contributed by atoms with Crippen LogP contribution in [0.25, 0.3) is 0 Å². The summed E-state index contributed by atoms with van der Waals surface area (Å²) < 4.78 is 287. The van der Waals surface area contributed by atoms with Gasteiger partial charge in [-0.05, 0) is 111 Å². The van der Waals surface area contributed by atoms with Gasteiger partial charge in [0.25, 0.3) is 0 Å². The first-order valence-electron chi connectivity index (χ1n) is 37.6. The molecule has 0 fully saturated rings. The molecule has 0 atom stereocenters. The molecule has 6 aromatic carbocycles. The zero-order chi connectivity index (χ0) is 79.0. The third-order valence-corrected chi connectivity index (χ3v) is 23.7. The van der Waals surface area contributed by atoms with Gasteiger partial charge in [-0.25, -0.2) is 50.5 Å². The minimum absolute atomic E-state index is 0. The van der Waals surface area contributed by atoms with Gasteiger partial charge in [-0.2, -0.15) is 0 Å². The van der Waals surface area contributed by atoms with Crippen molar-refractivity contribution in [2.75, 3.05) is 39.6 Å². The molecular formula is C78H102Na6O24S6. The molecule has 0 saturated carbocycles. The van der Waals surface area contributed by atoms with Gasteiger partial charge in [-0.15, -0.1) is 0 Å². The van der Waals surface area contributed by atoms with Crippen molar-refractivity contribution in [2.45, 2.75) is 264 Å². The van der Waals surface area contributed by atoms with Crippen LogP contribution in [0.5, 0.6) is 34.5 Å². The van der Waals surface area contributed by atoms with Crippen molar-refractivity contribution in [2.24, 2.45) is 0 Å². The molecule has 0 aromatic heterocycles. The number of hydrogen-bond donors (Lipinski definition) is 0. The first kappa shape index (κ1) is 112. The van der Waals surface area contributed by atoms with E-state index in [2.05, 4.69) is 0 Å². The smallest absolute Gasteiger partial charge is 0.744 e. The van der Waals surface area contributed by atoms with Gasteiger partial charge in [0, 0.05) is 105 Å². The van der Waals surface area contributed by atoms with Gasteiger partial charge in [0.15, 0.2) is 0 Å². The summed E-state index contributed by atoms with van der Waals surface area (Å²) in [5.41, 5.74) is -1.38. The minimum atomic E-state index is -5.52. The second-order valence-electron chi connectivity index (χ2n) is 27.7. The van der Waals surface area contributed by atoms with Crippen molar-refractivity contribution in [3.63, 3.8) is 0 Å². The molecule has 0 heterocycles. The number of hydrogen-bond acceptors (Lipinski definition) is 24. The average Bonchev–Trinajstić information content (AvgIpc) is 0.771. The van der Waals surface area contributed by atoms with Crippen LogP contribution in [0, 0.1) is 0 Å². The Morgan fingerprint density at radius 2 is 0.307 bits per heavy atom. The monoisotopic (exact) mass is 1750 g/mol. The van der Waals surface area contributed by atoms with E-state index in [9.17, 15) is 77.8 Å². The molecule has 36 heteroatoms. The van der Waals surface area contributed by atoms with Crippen molar-refractivity contribution in [3.05, 3.63) is 140 Å². The van der Waals surface area contributed by atoms with Crippen molar-refractivity contribution in [1.29, 1.82) is 0 Å². The molecule has 0 unspecified atom stereocenters. The maximum absolute atomic E-state index is 13.7. The van der Waals surface area contributed by atoms with Crippen LogP contribution in [0.4, 0.5) is 0 Å². The van der Waals surface area contributed by atoms with Gasteiger partial charge in [0.05, 0.1) is 69.0 Å². The van der Waals surface area contributed by atoms with Gasteiger partial charge in [0.1, 0.15) is 95.2 Å². The molecule has 1 aliphatic carbocycles. The molecule has 0 spiro atoms. The molecule has 1 aliphatic rings. The summed E-state index contributed by atoms with van der Waals surface area (Å²) in [7, 11) is -33.1. The fraction of sp³-hybridized carbons (Fsp3) is 0.538. The number of ether oxygens (including phenoxy) is 6.